The summed E-state index contributed by atoms with van der Waals surface area (Å²) in [4.78, 5) is 4.90. The maximum Gasteiger partial charge on any atom is 0.216 e. The van der Waals surface area contributed by atoms with Crippen LogP contribution >= 0.6 is 23.2 Å². The average Bonchev–Trinajstić information content (AvgIpc) is 2.72. The fourth-order valence-electron chi connectivity index (χ4n) is 3.10. The average molecular weight is 412 g/mol. The second-order valence-corrected chi connectivity index (χ2v) is 7.22. The van der Waals surface area contributed by atoms with Crippen molar-refractivity contribution in [2.24, 2.45) is 4.99 Å². The van der Waals surface area contributed by atoms with Gasteiger partial charge in [-0.3, -0.25) is 0 Å². The minimum Gasteiger partial charge on any atom is -0.464 e. The van der Waals surface area contributed by atoms with E-state index in [0.29, 0.717) is 11.4 Å². The molecule has 1 aliphatic heterocycles. The Balaban J connectivity index is 0.00000109. The van der Waals surface area contributed by atoms with E-state index < -0.39 is 0 Å². The number of halogens is 2. The molecule has 0 aliphatic carbocycles. The van der Waals surface area contributed by atoms with E-state index in [1.54, 1.807) is 0 Å². The van der Waals surface area contributed by atoms with Crippen LogP contribution in [0.2, 0.25) is 10.0 Å². The van der Waals surface area contributed by atoms with E-state index in [2.05, 4.69) is 6.92 Å². The van der Waals surface area contributed by atoms with Crippen molar-refractivity contribution in [2.45, 2.75) is 33.4 Å². The van der Waals surface area contributed by atoms with Crippen LogP contribution in [0.15, 0.2) is 71.7 Å². The summed E-state index contributed by atoms with van der Waals surface area (Å²) in [5.41, 5.74) is 5.31. The van der Waals surface area contributed by atoms with Crippen LogP contribution in [0.1, 0.15) is 42.3 Å². The van der Waals surface area contributed by atoms with Crippen LogP contribution in [0, 0.1) is 6.92 Å². The molecule has 144 valence electrons. The summed E-state index contributed by atoms with van der Waals surface area (Å²) in [7, 11) is 0. The highest BCUT2D eigenvalue weighted by molar-refractivity contribution is 6.31. The number of rotatable bonds is 3. The van der Waals surface area contributed by atoms with Crippen LogP contribution in [0.25, 0.3) is 0 Å². The van der Waals surface area contributed by atoms with Gasteiger partial charge in [0.05, 0.1) is 5.71 Å². The lowest BCUT2D eigenvalue weighted by molar-refractivity contribution is 0.210. The first-order valence-electron chi connectivity index (χ1n) is 9.43. The zero-order valence-electron chi connectivity index (χ0n) is 16.2. The van der Waals surface area contributed by atoms with Gasteiger partial charge in [0.15, 0.2) is 0 Å². The van der Waals surface area contributed by atoms with E-state index in [0.717, 1.165) is 33.2 Å². The lowest BCUT2D eigenvalue weighted by Gasteiger charge is -2.25. The van der Waals surface area contributed by atoms with Crippen LogP contribution in [-0.2, 0) is 6.42 Å². The topological polar surface area (TPSA) is 21.6 Å². The van der Waals surface area contributed by atoms with Gasteiger partial charge < -0.3 is 4.74 Å². The molecule has 0 saturated heterocycles. The number of nitrogens with zero attached hydrogens (tertiary/aromatic N) is 1. The molecule has 1 heterocycles. The van der Waals surface area contributed by atoms with Gasteiger partial charge in [-0.15, -0.1) is 0 Å². The molecule has 1 aliphatic rings. The molecule has 0 saturated carbocycles. The number of aliphatic imine (C=N–C) groups is 1. The Kier molecular flexibility index (Phi) is 6.77. The molecule has 3 aromatic rings. The fraction of sp³-hybridized carbons (Fsp3) is 0.208. The SMILES string of the molecule is CC.Cc1ccc(Cl)cc1CC1=NC(c2ccccc2)Oc2cc(Cl)ccc21. The Hall–Kier alpha value is -2.29. The Morgan fingerprint density at radius 2 is 1.57 bits per heavy atom. The van der Waals surface area contributed by atoms with Crippen molar-refractivity contribution >= 4 is 28.9 Å². The van der Waals surface area contributed by atoms with Crippen molar-refractivity contribution < 1.29 is 4.74 Å². The van der Waals surface area contributed by atoms with Crippen molar-refractivity contribution in [3.05, 3.63) is 99.0 Å². The first-order chi connectivity index (χ1) is 13.6. The molecule has 3 aromatic carbocycles. The third-order valence-corrected chi connectivity index (χ3v) is 4.99. The Morgan fingerprint density at radius 3 is 2.32 bits per heavy atom. The highest BCUT2D eigenvalue weighted by atomic mass is 35.5. The number of benzene rings is 3. The molecule has 1 unspecified atom stereocenters. The first-order valence-corrected chi connectivity index (χ1v) is 10.2. The molecular formula is C24H23Cl2NO. The minimum absolute atomic E-state index is 0.378. The van der Waals surface area contributed by atoms with Crippen molar-refractivity contribution in [1.82, 2.24) is 0 Å². The zero-order chi connectivity index (χ0) is 20.1. The molecule has 0 aromatic heterocycles. The predicted octanol–water partition coefficient (Wildman–Crippen LogP) is 7.45. The van der Waals surface area contributed by atoms with E-state index in [1.807, 2.05) is 80.6 Å². The number of hydrogen-bond donors (Lipinski definition) is 0. The summed E-state index contributed by atoms with van der Waals surface area (Å²) in [6.45, 7) is 6.09. The van der Waals surface area contributed by atoms with Gasteiger partial charge >= 0.3 is 0 Å². The molecule has 0 bridgehead atoms. The molecule has 0 fully saturated rings. The molecule has 0 amide bonds. The van der Waals surface area contributed by atoms with Crippen molar-refractivity contribution in [1.29, 1.82) is 0 Å². The summed E-state index contributed by atoms with van der Waals surface area (Å²) in [6, 6.07) is 21.6. The number of aryl methyl sites for hydroxylation is 1. The Morgan fingerprint density at radius 1 is 0.893 bits per heavy atom. The standard InChI is InChI=1S/C22H17Cl2NO.C2H6/c1-14-7-8-17(23)11-16(14)12-20-19-10-9-18(24)13-21(19)26-22(25-20)15-5-3-2-4-6-15;1-2/h2-11,13,22H,12H2,1H3;1-2H3. The van der Waals surface area contributed by atoms with E-state index in [1.165, 1.54) is 5.56 Å². The molecule has 2 nitrogen and oxygen atoms in total. The number of hydrogen-bond acceptors (Lipinski definition) is 2. The quantitative estimate of drug-likeness (QED) is 0.438. The van der Waals surface area contributed by atoms with Crippen LogP contribution in [-0.4, -0.2) is 5.71 Å². The predicted molar refractivity (Wildman–Crippen MR) is 119 cm³/mol. The second kappa shape index (κ2) is 9.27. The Labute approximate surface area is 176 Å². The van der Waals surface area contributed by atoms with Gasteiger partial charge in [-0.1, -0.05) is 73.4 Å². The molecule has 0 N–H and O–H groups in total. The smallest absolute Gasteiger partial charge is 0.216 e. The van der Waals surface area contributed by atoms with Crippen LogP contribution in [0.3, 0.4) is 0 Å². The summed E-state index contributed by atoms with van der Waals surface area (Å²) in [5.74, 6) is 0.760. The van der Waals surface area contributed by atoms with Gasteiger partial charge in [0.2, 0.25) is 6.23 Å². The van der Waals surface area contributed by atoms with Gasteiger partial charge in [0, 0.05) is 27.6 Å². The van der Waals surface area contributed by atoms with E-state index >= 15 is 0 Å². The van der Waals surface area contributed by atoms with Gasteiger partial charge in [-0.05, 0) is 48.4 Å². The lowest BCUT2D eigenvalue weighted by Crippen LogP contribution is -2.19. The largest absolute Gasteiger partial charge is 0.464 e. The molecular weight excluding hydrogens is 389 g/mol. The fourth-order valence-corrected chi connectivity index (χ4v) is 3.46. The highest BCUT2D eigenvalue weighted by Gasteiger charge is 2.24. The van der Waals surface area contributed by atoms with Gasteiger partial charge in [0.25, 0.3) is 0 Å². The summed E-state index contributed by atoms with van der Waals surface area (Å²) >= 11 is 12.4. The first kappa shape index (κ1) is 20.4. The molecule has 1 atom stereocenters. The summed E-state index contributed by atoms with van der Waals surface area (Å²) < 4.78 is 6.12. The normalized spacial score (nSPS) is 14.9. The molecule has 28 heavy (non-hydrogen) atoms. The third kappa shape index (κ3) is 4.57. The van der Waals surface area contributed by atoms with E-state index in [-0.39, 0.29) is 6.23 Å². The van der Waals surface area contributed by atoms with Gasteiger partial charge in [-0.2, -0.15) is 0 Å². The summed E-state index contributed by atoms with van der Waals surface area (Å²) in [6.07, 6.45) is 0.310. The number of fused-ring (bicyclic) bond motifs is 1. The molecule has 4 rings (SSSR count). The highest BCUT2D eigenvalue weighted by Crippen LogP contribution is 2.35. The summed E-state index contributed by atoms with van der Waals surface area (Å²) in [5, 5.41) is 1.38. The van der Waals surface area contributed by atoms with Gasteiger partial charge in [0.1, 0.15) is 5.75 Å². The minimum atomic E-state index is -0.378. The van der Waals surface area contributed by atoms with Crippen LogP contribution < -0.4 is 4.74 Å². The lowest BCUT2D eigenvalue weighted by atomic mass is 9.97. The van der Waals surface area contributed by atoms with Gasteiger partial charge in [-0.25, -0.2) is 4.99 Å². The second-order valence-electron chi connectivity index (χ2n) is 6.34. The third-order valence-electron chi connectivity index (χ3n) is 4.52. The molecule has 0 radical (unpaired) electrons. The van der Waals surface area contributed by atoms with Crippen molar-refractivity contribution in [2.75, 3.05) is 0 Å². The zero-order valence-corrected chi connectivity index (χ0v) is 17.8. The van der Waals surface area contributed by atoms with Crippen molar-refractivity contribution in [3.63, 3.8) is 0 Å². The maximum absolute atomic E-state index is 6.20. The Bertz CT molecular complexity index is 983. The molecule has 4 heteroatoms. The monoisotopic (exact) mass is 411 g/mol. The van der Waals surface area contributed by atoms with Crippen LogP contribution in [0.5, 0.6) is 5.75 Å². The van der Waals surface area contributed by atoms with Crippen molar-refractivity contribution in [3.8, 4) is 5.75 Å². The number of ether oxygens (including phenoxy) is 1. The molecule has 0 spiro atoms. The van der Waals surface area contributed by atoms with E-state index in [4.69, 9.17) is 32.9 Å². The maximum atomic E-state index is 6.20. The van der Waals surface area contributed by atoms with Crippen LogP contribution in [0.4, 0.5) is 0 Å². The van der Waals surface area contributed by atoms with E-state index in [9.17, 15) is 0 Å².